The van der Waals surface area contributed by atoms with E-state index in [9.17, 15) is 15.0 Å². The standard InChI is InChI=1S/C15H20N2O3/c1-3-7-17(8-4-2)15(20)12(16)9-11-5-6-13(18)14(19)10-11/h1,5-6,10,12,18-19H,4,7-9,16H2,2H3/t12-/m0/s1. The second kappa shape index (κ2) is 7.41. The van der Waals surface area contributed by atoms with Crippen molar-refractivity contribution in [2.45, 2.75) is 25.8 Å². The minimum Gasteiger partial charge on any atom is -0.504 e. The number of benzene rings is 1. The Morgan fingerprint density at radius 2 is 2.15 bits per heavy atom. The zero-order valence-corrected chi connectivity index (χ0v) is 11.5. The summed E-state index contributed by atoms with van der Waals surface area (Å²) in [6.45, 7) is 2.76. The van der Waals surface area contributed by atoms with E-state index in [2.05, 4.69) is 5.92 Å². The first-order chi connectivity index (χ1) is 9.49. The molecule has 0 spiro atoms. The first-order valence-corrected chi connectivity index (χ1v) is 6.48. The Hall–Kier alpha value is -2.19. The number of carbonyl (C=O) groups is 1. The van der Waals surface area contributed by atoms with Crippen molar-refractivity contribution in [2.24, 2.45) is 5.73 Å². The third-order valence-corrected chi connectivity index (χ3v) is 2.90. The number of hydrogen-bond acceptors (Lipinski definition) is 4. The van der Waals surface area contributed by atoms with Gasteiger partial charge in [0.2, 0.25) is 5.91 Å². The van der Waals surface area contributed by atoms with Crippen molar-refractivity contribution in [3.63, 3.8) is 0 Å². The molecule has 4 N–H and O–H groups in total. The maximum atomic E-state index is 12.2. The number of carbonyl (C=O) groups excluding carboxylic acids is 1. The van der Waals surface area contributed by atoms with Gasteiger partial charge in [-0.1, -0.05) is 18.9 Å². The molecule has 0 aliphatic heterocycles. The molecule has 0 fully saturated rings. The monoisotopic (exact) mass is 276 g/mol. The van der Waals surface area contributed by atoms with Crippen molar-refractivity contribution in [3.8, 4) is 23.8 Å². The van der Waals surface area contributed by atoms with E-state index in [0.29, 0.717) is 12.1 Å². The number of aromatic hydroxyl groups is 2. The average Bonchev–Trinajstić information content (AvgIpc) is 2.42. The van der Waals surface area contributed by atoms with Crippen molar-refractivity contribution in [1.82, 2.24) is 4.90 Å². The van der Waals surface area contributed by atoms with Crippen LogP contribution in [0.5, 0.6) is 11.5 Å². The fourth-order valence-corrected chi connectivity index (χ4v) is 1.92. The molecule has 108 valence electrons. The molecule has 0 bridgehead atoms. The normalized spacial score (nSPS) is 11.7. The van der Waals surface area contributed by atoms with E-state index in [-0.39, 0.29) is 30.4 Å². The van der Waals surface area contributed by atoms with Crippen LogP contribution < -0.4 is 5.73 Å². The number of phenolic OH excluding ortho intramolecular Hbond substituents is 2. The summed E-state index contributed by atoms with van der Waals surface area (Å²) in [4.78, 5) is 13.7. The highest BCUT2D eigenvalue weighted by molar-refractivity contribution is 5.82. The molecule has 0 aromatic heterocycles. The van der Waals surface area contributed by atoms with Crippen LogP contribution in [0.2, 0.25) is 0 Å². The summed E-state index contributed by atoms with van der Waals surface area (Å²) < 4.78 is 0. The molecule has 0 aliphatic rings. The summed E-state index contributed by atoms with van der Waals surface area (Å²) in [7, 11) is 0. The molecule has 1 atom stereocenters. The maximum Gasteiger partial charge on any atom is 0.240 e. The molecule has 1 amide bonds. The lowest BCUT2D eigenvalue weighted by atomic mass is 10.0. The van der Waals surface area contributed by atoms with Gasteiger partial charge in [-0.2, -0.15) is 0 Å². The van der Waals surface area contributed by atoms with E-state index in [1.165, 1.54) is 12.1 Å². The Bertz CT molecular complexity index is 508. The molecule has 5 nitrogen and oxygen atoms in total. The smallest absolute Gasteiger partial charge is 0.240 e. The van der Waals surface area contributed by atoms with Gasteiger partial charge in [0.1, 0.15) is 0 Å². The zero-order chi connectivity index (χ0) is 15.1. The van der Waals surface area contributed by atoms with Crippen molar-refractivity contribution < 1.29 is 15.0 Å². The number of hydrogen-bond donors (Lipinski definition) is 3. The second-order valence-electron chi connectivity index (χ2n) is 4.60. The van der Waals surface area contributed by atoms with Crippen LogP contribution in [-0.4, -0.2) is 40.2 Å². The Balaban J connectivity index is 2.73. The van der Waals surface area contributed by atoms with E-state index >= 15 is 0 Å². The Kier molecular flexibility index (Phi) is 5.88. The third-order valence-electron chi connectivity index (χ3n) is 2.90. The number of terminal acetylenes is 1. The predicted molar refractivity (Wildman–Crippen MR) is 77.2 cm³/mol. The lowest BCUT2D eigenvalue weighted by Crippen LogP contribution is -2.45. The van der Waals surface area contributed by atoms with E-state index in [4.69, 9.17) is 12.2 Å². The van der Waals surface area contributed by atoms with Crippen molar-refractivity contribution in [3.05, 3.63) is 23.8 Å². The molecule has 0 heterocycles. The molecule has 1 aromatic rings. The van der Waals surface area contributed by atoms with Gasteiger partial charge in [0.05, 0.1) is 12.6 Å². The lowest BCUT2D eigenvalue weighted by molar-refractivity contribution is -0.132. The van der Waals surface area contributed by atoms with E-state index in [1.807, 2.05) is 6.92 Å². The minimum absolute atomic E-state index is 0.200. The average molecular weight is 276 g/mol. The molecule has 0 radical (unpaired) electrons. The number of rotatable bonds is 6. The number of phenols is 2. The summed E-state index contributed by atoms with van der Waals surface area (Å²) >= 11 is 0. The van der Waals surface area contributed by atoms with Gasteiger partial charge in [-0.15, -0.1) is 6.42 Å². The summed E-state index contributed by atoms with van der Waals surface area (Å²) in [6.07, 6.45) is 6.32. The van der Waals surface area contributed by atoms with Crippen LogP contribution >= 0.6 is 0 Å². The highest BCUT2D eigenvalue weighted by Gasteiger charge is 2.20. The van der Waals surface area contributed by atoms with Crippen LogP contribution in [0, 0.1) is 12.3 Å². The molecular formula is C15H20N2O3. The maximum absolute atomic E-state index is 12.2. The quantitative estimate of drug-likeness (QED) is 0.531. The van der Waals surface area contributed by atoms with Gasteiger partial charge >= 0.3 is 0 Å². The molecule has 0 aliphatic carbocycles. The third kappa shape index (κ3) is 4.18. The van der Waals surface area contributed by atoms with Gasteiger partial charge in [-0.25, -0.2) is 0 Å². The highest BCUT2D eigenvalue weighted by atomic mass is 16.3. The fourth-order valence-electron chi connectivity index (χ4n) is 1.92. The van der Waals surface area contributed by atoms with Gasteiger partial charge in [0.15, 0.2) is 11.5 Å². The van der Waals surface area contributed by atoms with Crippen LogP contribution in [0.15, 0.2) is 18.2 Å². The summed E-state index contributed by atoms with van der Waals surface area (Å²) in [5, 5.41) is 18.7. The van der Waals surface area contributed by atoms with Gasteiger partial charge < -0.3 is 20.8 Å². The van der Waals surface area contributed by atoms with E-state index in [0.717, 1.165) is 6.42 Å². The summed E-state index contributed by atoms with van der Waals surface area (Å²) in [5.74, 6) is 1.81. The Labute approximate surface area is 119 Å². The fraction of sp³-hybridized carbons (Fsp3) is 0.400. The first kappa shape index (κ1) is 15.9. The van der Waals surface area contributed by atoms with Crippen molar-refractivity contribution in [2.75, 3.05) is 13.1 Å². The summed E-state index contributed by atoms with van der Waals surface area (Å²) in [5.41, 5.74) is 6.57. The SMILES string of the molecule is C#CCN(CCC)C(=O)[C@@H](N)Cc1ccc(O)c(O)c1. The first-order valence-electron chi connectivity index (χ1n) is 6.48. The molecular weight excluding hydrogens is 256 g/mol. The topological polar surface area (TPSA) is 86.8 Å². The van der Waals surface area contributed by atoms with Crippen LogP contribution in [0.25, 0.3) is 0 Å². The lowest BCUT2D eigenvalue weighted by Gasteiger charge is -2.23. The molecule has 0 saturated heterocycles. The van der Waals surface area contributed by atoms with Gasteiger partial charge in [0.25, 0.3) is 0 Å². The van der Waals surface area contributed by atoms with Gasteiger partial charge in [-0.05, 0) is 30.5 Å². The highest BCUT2D eigenvalue weighted by Crippen LogP contribution is 2.25. The number of nitrogens with two attached hydrogens (primary N) is 1. The van der Waals surface area contributed by atoms with E-state index in [1.54, 1.807) is 11.0 Å². The largest absolute Gasteiger partial charge is 0.504 e. The minimum atomic E-state index is -0.723. The predicted octanol–water partition coefficient (Wildman–Crippen LogP) is 0.839. The van der Waals surface area contributed by atoms with Crippen molar-refractivity contribution >= 4 is 5.91 Å². The zero-order valence-electron chi connectivity index (χ0n) is 11.5. The van der Waals surface area contributed by atoms with Crippen LogP contribution in [-0.2, 0) is 11.2 Å². The van der Waals surface area contributed by atoms with Crippen LogP contribution in [0.4, 0.5) is 0 Å². The number of nitrogens with zero attached hydrogens (tertiary/aromatic N) is 1. The van der Waals surface area contributed by atoms with Crippen molar-refractivity contribution in [1.29, 1.82) is 0 Å². The van der Waals surface area contributed by atoms with Gasteiger partial charge in [-0.3, -0.25) is 4.79 Å². The van der Waals surface area contributed by atoms with E-state index < -0.39 is 6.04 Å². The molecule has 1 rings (SSSR count). The molecule has 20 heavy (non-hydrogen) atoms. The Morgan fingerprint density at radius 1 is 1.45 bits per heavy atom. The molecule has 5 heteroatoms. The molecule has 1 aromatic carbocycles. The van der Waals surface area contributed by atoms with Gasteiger partial charge in [0, 0.05) is 6.54 Å². The second-order valence-corrected chi connectivity index (χ2v) is 4.60. The summed E-state index contributed by atoms with van der Waals surface area (Å²) in [6, 6.07) is 3.66. The molecule has 0 saturated carbocycles. The molecule has 0 unspecified atom stereocenters. The van der Waals surface area contributed by atoms with Crippen LogP contribution in [0.3, 0.4) is 0 Å². The van der Waals surface area contributed by atoms with Crippen LogP contribution in [0.1, 0.15) is 18.9 Å². The Morgan fingerprint density at radius 3 is 2.70 bits per heavy atom. The number of amides is 1.